The van der Waals surface area contributed by atoms with Gasteiger partial charge in [0.25, 0.3) is 0 Å². The molecule has 2 amide bonds. The standard InChI is InChI=1S/C21H21N3O4S2/c1-28-21(27)11-22-18(25)10-14-6-8-15(9-7-14)23-19(26)12-29-13-20-24-16-4-2-3-5-17(16)30-20/h2-9H,10-13H2,1H3,(H,22,25)(H,23,26). The zero-order chi connectivity index (χ0) is 21.3. The van der Waals surface area contributed by atoms with Crippen LogP contribution in [0.3, 0.4) is 0 Å². The van der Waals surface area contributed by atoms with Crippen LogP contribution in [0.15, 0.2) is 48.5 Å². The second-order valence-electron chi connectivity index (χ2n) is 6.34. The lowest BCUT2D eigenvalue weighted by Crippen LogP contribution is -2.31. The number of esters is 1. The number of thioether (sulfide) groups is 1. The zero-order valence-corrected chi connectivity index (χ0v) is 18.0. The highest BCUT2D eigenvalue weighted by Crippen LogP contribution is 2.24. The zero-order valence-electron chi connectivity index (χ0n) is 16.3. The van der Waals surface area contributed by atoms with E-state index in [4.69, 9.17) is 0 Å². The van der Waals surface area contributed by atoms with Gasteiger partial charge in [0.15, 0.2) is 0 Å². The van der Waals surface area contributed by atoms with E-state index in [9.17, 15) is 14.4 Å². The van der Waals surface area contributed by atoms with Crippen LogP contribution in [0.25, 0.3) is 10.2 Å². The summed E-state index contributed by atoms with van der Waals surface area (Å²) >= 11 is 3.16. The molecule has 0 aliphatic carbocycles. The Kier molecular flexibility index (Phi) is 7.81. The number of methoxy groups -OCH3 is 1. The molecule has 0 bridgehead atoms. The molecule has 156 valence electrons. The van der Waals surface area contributed by atoms with Gasteiger partial charge in [-0.15, -0.1) is 23.1 Å². The fourth-order valence-corrected chi connectivity index (χ4v) is 4.45. The minimum absolute atomic E-state index is 0.0929. The number of carbonyl (C=O) groups excluding carboxylic acids is 3. The van der Waals surface area contributed by atoms with E-state index in [1.807, 2.05) is 24.3 Å². The molecule has 0 fully saturated rings. The summed E-state index contributed by atoms with van der Waals surface area (Å²) in [6.45, 7) is -0.155. The molecule has 0 atom stereocenters. The van der Waals surface area contributed by atoms with Gasteiger partial charge in [-0.1, -0.05) is 24.3 Å². The lowest BCUT2D eigenvalue weighted by Gasteiger charge is -2.07. The third-order valence-electron chi connectivity index (χ3n) is 4.06. The van der Waals surface area contributed by atoms with Gasteiger partial charge in [0, 0.05) is 11.4 Å². The van der Waals surface area contributed by atoms with Gasteiger partial charge in [-0.2, -0.15) is 0 Å². The highest BCUT2D eigenvalue weighted by Gasteiger charge is 2.08. The van der Waals surface area contributed by atoms with Gasteiger partial charge in [-0.3, -0.25) is 14.4 Å². The molecule has 3 aromatic rings. The maximum absolute atomic E-state index is 12.2. The summed E-state index contributed by atoms with van der Waals surface area (Å²) in [5, 5.41) is 6.33. The number of thiazole rings is 1. The van der Waals surface area contributed by atoms with Crippen LogP contribution in [0.1, 0.15) is 10.6 Å². The molecule has 0 radical (unpaired) electrons. The molecule has 0 aliphatic heterocycles. The van der Waals surface area contributed by atoms with Gasteiger partial charge in [0.1, 0.15) is 11.6 Å². The molecule has 2 aromatic carbocycles. The molecular weight excluding hydrogens is 422 g/mol. The van der Waals surface area contributed by atoms with Crippen molar-refractivity contribution in [1.82, 2.24) is 10.3 Å². The van der Waals surface area contributed by atoms with Crippen LogP contribution in [0.2, 0.25) is 0 Å². The smallest absolute Gasteiger partial charge is 0.325 e. The quantitative estimate of drug-likeness (QED) is 0.494. The number of para-hydroxylation sites is 1. The van der Waals surface area contributed by atoms with E-state index >= 15 is 0 Å². The lowest BCUT2D eigenvalue weighted by molar-refractivity contribution is -0.141. The normalized spacial score (nSPS) is 10.6. The van der Waals surface area contributed by atoms with Crippen LogP contribution in [0.4, 0.5) is 5.69 Å². The van der Waals surface area contributed by atoms with E-state index in [-0.39, 0.29) is 24.8 Å². The van der Waals surface area contributed by atoms with Gasteiger partial charge in [0.2, 0.25) is 11.8 Å². The second kappa shape index (κ2) is 10.7. The van der Waals surface area contributed by atoms with E-state index in [1.54, 1.807) is 35.6 Å². The molecule has 0 spiro atoms. The summed E-state index contributed by atoms with van der Waals surface area (Å²) in [7, 11) is 1.26. The Labute approximate surface area is 182 Å². The molecule has 1 heterocycles. The number of nitrogens with one attached hydrogen (secondary N) is 2. The summed E-state index contributed by atoms with van der Waals surface area (Å²) < 4.78 is 5.62. The van der Waals surface area contributed by atoms with Gasteiger partial charge < -0.3 is 15.4 Å². The van der Waals surface area contributed by atoms with E-state index in [2.05, 4.69) is 20.4 Å². The van der Waals surface area contributed by atoms with Crippen LogP contribution < -0.4 is 10.6 Å². The molecule has 0 saturated heterocycles. The van der Waals surface area contributed by atoms with Crippen LogP contribution in [0.5, 0.6) is 0 Å². The maximum atomic E-state index is 12.2. The minimum atomic E-state index is -0.498. The van der Waals surface area contributed by atoms with Crippen molar-refractivity contribution in [3.8, 4) is 0 Å². The molecule has 7 nitrogen and oxygen atoms in total. The number of hydrogen-bond donors (Lipinski definition) is 2. The number of hydrogen-bond acceptors (Lipinski definition) is 7. The lowest BCUT2D eigenvalue weighted by atomic mass is 10.1. The van der Waals surface area contributed by atoms with Crippen molar-refractivity contribution in [2.75, 3.05) is 24.7 Å². The second-order valence-corrected chi connectivity index (χ2v) is 8.44. The molecule has 0 saturated carbocycles. The Balaban J connectivity index is 1.40. The summed E-state index contributed by atoms with van der Waals surface area (Å²) in [4.78, 5) is 39.5. The Morgan fingerprint density at radius 2 is 1.83 bits per heavy atom. The average molecular weight is 444 g/mol. The first-order valence-corrected chi connectivity index (χ1v) is 11.1. The van der Waals surface area contributed by atoms with Crippen molar-refractivity contribution < 1.29 is 19.1 Å². The number of anilines is 1. The molecule has 9 heteroatoms. The molecule has 0 aliphatic rings. The number of rotatable bonds is 9. The molecule has 2 N–H and O–H groups in total. The van der Waals surface area contributed by atoms with Gasteiger partial charge in [0.05, 0.1) is 29.5 Å². The SMILES string of the molecule is COC(=O)CNC(=O)Cc1ccc(NC(=O)CSCc2nc3ccccc3s2)cc1. The third kappa shape index (κ3) is 6.57. The first-order chi connectivity index (χ1) is 14.5. The topological polar surface area (TPSA) is 97.4 Å². The Hall–Kier alpha value is -2.91. The monoisotopic (exact) mass is 443 g/mol. The third-order valence-corrected chi connectivity index (χ3v) is 6.22. The molecule has 3 rings (SSSR count). The largest absolute Gasteiger partial charge is 0.468 e. The van der Waals surface area contributed by atoms with Crippen molar-refractivity contribution in [3.63, 3.8) is 0 Å². The summed E-state index contributed by atoms with van der Waals surface area (Å²) in [5.74, 6) is 0.149. The van der Waals surface area contributed by atoms with Crippen LogP contribution in [-0.2, 0) is 31.3 Å². The first-order valence-electron chi connectivity index (χ1n) is 9.18. The van der Waals surface area contributed by atoms with Crippen molar-refractivity contribution in [3.05, 3.63) is 59.1 Å². The number of benzene rings is 2. The van der Waals surface area contributed by atoms with Crippen LogP contribution in [0, 0.1) is 0 Å². The Morgan fingerprint density at radius 3 is 2.57 bits per heavy atom. The Bertz CT molecular complexity index is 1000. The predicted octanol–water partition coefficient (Wildman–Crippen LogP) is 3.00. The van der Waals surface area contributed by atoms with Gasteiger partial charge in [-0.25, -0.2) is 4.98 Å². The van der Waals surface area contributed by atoms with Crippen molar-refractivity contribution >= 4 is 56.8 Å². The highest BCUT2D eigenvalue weighted by molar-refractivity contribution is 7.99. The molecule has 30 heavy (non-hydrogen) atoms. The summed E-state index contributed by atoms with van der Waals surface area (Å²) in [5.41, 5.74) is 2.43. The average Bonchev–Trinajstić information content (AvgIpc) is 3.16. The van der Waals surface area contributed by atoms with Crippen molar-refractivity contribution in [2.24, 2.45) is 0 Å². The van der Waals surface area contributed by atoms with E-state index < -0.39 is 5.97 Å². The van der Waals surface area contributed by atoms with Crippen molar-refractivity contribution in [1.29, 1.82) is 0 Å². The van der Waals surface area contributed by atoms with Crippen molar-refractivity contribution in [2.45, 2.75) is 12.2 Å². The van der Waals surface area contributed by atoms with Gasteiger partial charge >= 0.3 is 5.97 Å². The number of fused-ring (bicyclic) bond motifs is 1. The molecular formula is C21H21N3O4S2. The first kappa shape index (κ1) is 21.8. The number of nitrogens with zero attached hydrogens (tertiary/aromatic N) is 1. The molecule has 1 aromatic heterocycles. The number of carbonyl (C=O) groups is 3. The highest BCUT2D eigenvalue weighted by atomic mass is 32.2. The molecule has 0 unspecified atom stereocenters. The Morgan fingerprint density at radius 1 is 1.07 bits per heavy atom. The number of amides is 2. The van der Waals surface area contributed by atoms with Crippen LogP contribution in [-0.4, -0.2) is 42.2 Å². The summed E-state index contributed by atoms with van der Waals surface area (Å²) in [6, 6.07) is 15.0. The van der Waals surface area contributed by atoms with E-state index in [0.717, 1.165) is 20.8 Å². The number of ether oxygens (including phenoxy) is 1. The maximum Gasteiger partial charge on any atom is 0.325 e. The number of aromatic nitrogens is 1. The minimum Gasteiger partial charge on any atom is -0.468 e. The fourth-order valence-electron chi connectivity index (χ4n) is 2.61. The predicted molar refractivity (Wildman–Crippen MR) is 120 cm³/mol. The van der Waals surface area contributed by atoms with Crippen LogP contribution >= 0.6 is 23.1 Å². The van der Waals surface area contributed by atoms with E-state index in [1.165, 1.54) is 18.9 Å². The fraction of sp³-hybridized carbons (Fsp3) is 0.238. The van der Waals surface area contributed by atoms with Gasteiger partial charge in [-0.05, 0) is 29.8 Å². The van der Waals surface area contributed by atoms with E-state index in [0.29, 0.717) is 17.2 Å². The summed E-state index contributed by atoms with van der Waals surface area (Å²) in [6.07, 6.45) is 0.142.